The van der Waals surface area contributed by atoms with Crippen molar-refractivity contribution < 1.29 is 9.72 Å². The molecular formula is C11H11NO3S. The van der Waals surface area contributed by atoms with Crippen LogP contribution >= 0.6 is 11.8 Å². The monoisotopic (exact) mass is 237 g/mol. The largest absolute Gasteiger partial charge is 0.305 e. The van der Waals surface area contributed by atoms with Gasteiger partial charge in [-0.3, -0.25) is 14.9 Å². The molecule has 0 aliphatic rings. The molecule has 1 aromatic rings. The van der Waals surface area contributed by atoms with Crippen LogP contribution in [0, 0.1) is 10.1 Å². The first-order valence-electron chi connectivity index (χ1n) is 4.60. The van der Waals surface area contributed by atoms with E-state index in [1.54, 1.807) is 11.8 Å². The summed E-state index contributed by atoms with van der Waals surface area (Å²) in [6.07, 6.45) is 3.94. The number of carbonyl (C=O) groups is 1. The van der Waals surface area contributed by atoms with Gasteiger partial charge >= 0.3 is 5.70 Å². The van der Waals surface area contributed by atoms with Gasteiger partial charge in [-0.15, -0.1) is 11.8 Å². The van der Waals surface area contributed by atoms with Crippen molar-refractivity contribution >= 4 is 18.0 Å². The van der Waals surface area contributed by atoms with Crippen molar-refractivity contribution in [3.63, 3.8) is 0 Å². The molecule has 0 bridgehead atoms. The summed E-state index contributed by atoms with van der Waals surface area (Å²) in [7, 11) is 0. The van der Waals surface area contributed by atoms with Crippen LogP contribution in [0.5, 0.6) is 0 Å². The zero-order valence-corrected chi connectivity index (χ0v) is 9.57. The Labute approximate surface area is 97.5 Å². The molecule has 84 valence electrons. The summed E-state index contributed by atoms with van der Waals surface area (Å²) < 4.78 is 0. The van der Waals surface area contributed by atoms with Gasteiger partial charge in [0, 0.05) is 11.0 Å². The van der Waals surface area contributed by atoms with Crippen molar-refractivity contribution in [3.05, 3.63) is 51.7 Å². The van der Waals surface area contributed by atoms with Gasteiger partial charge in [0.05, 0.1) is 4.92 Å². The van der Waals surface area contributed by atoms with Gasteiger partial charge in [-0.2, -0.15) is 0 Å². The molecule has 0 aliphatic heterocycles. The first-order valence-corrected chi connectivity index (χ1v) is 5.82. The standard InChI is InChI=1S/C11H11NO3S/c1-16-11-4-2-3-9(7-11)5-6-10(8-13)12(14)15/h2-4,6-8H,5H2,1H3/b10-6+. The lowest BCUT2D eigenvalue weighted by Gasteiger charge is -1.99. The number of rotatable bonds is 5. The fourth-order valence-corrected chi connectivity index (χ4v) is 1.67. The maximum atomic E-state index is 10.4. The van der Waals surface area contributed by atoms with Crippen LogP contribution in [0.1, 0.15) is 5.56 Å². The Morgan fingerprint density at radius 2 is 2.31 bits per heavy atom. The molecule has 0 saturated carbocycles. The Hall–Kier alpha value is -1.62. The second kappa shape index (κ2) is 6.07. The van der Waals surface area contributed by atoms with E-state index < -0.39 is 10.6 Å². The predicted octanol–water partition coefficient (Wildman–Crippen LogP) is 2.31. The SMILES string of the molecule is CSc1cccc(C/C=C(\C=O)[N+](=O)[O-])c1. The number of nitrogens with zero attached hydrogens (tertiary/aromatic N) is 1. The minimum absolute atomic E-state index is 0.262. The van der Waals surface area contributed by atoms with Crippen molar-refractivity contribution in [3.8, 4) is 0 Å². The van der Waals surface area contributed by atoms with Crippen LogP contribution in [0.25, 0.3) is 0 Å². The molecule has 0 amide bonds. The van der Waals surface area contributed by atoms with Crippen LogP contribution in [0.3, 0.4) is 0 Å². The number of hydrogen-bond donors (Lipinski definition) is 0. The second-order valence-corrected chi connectivity index (χ2v) is 3.94. The Balaban J connectivity index is 2.80. The lowest BCUT2D eigenvalue weighted by Crippen LogP contribution is -2.00. The molecule has 0 atom stereocenters. The van der Waals surface area contributed by atoms with Crippen molar-refractivity contribution in [1.29, 1.82) is 0 Å². The highest BCUT2D eigenvalue weighted by atomic mass is 32.2. The smallest absolute Gasteiger partial charge is 0.291 e. The fourth-order valence-electron chi connectivity index (χ4n) is 1.19. The summed E-state index contributed by atoms with van der Waals surface area (Å²) in [5.74, 6) is 0. The number of thioether (sulfide) groups is 1. The second-order valence-electron chi connectivity index (χ2n) is 3.06. The van der Waals surface area contributed by atoms with Crippen molar-refractivity contribution in [1.82, 2.24) is 0 Å². The molecule has 0 radical (unpaired) electrons. The van der Waals surface area contributed by atoms with Crippen LogP contribution in [-0.2, 0) is 11.2 Å². The number of aldehydes is 1. The van der Waals surface area contributed by atoms with Crippen molar-refractivity contribution in [2.75, 3.05) is 6.26 Å². The van der Waals surface area contributed by atoms with Gasteiger partial charge in [0.1, 0.15) is 0 Å². The number of hydrogen-bond acceptors (Lipinski definition) is 4. The first-order chi connectivity index (χ1) is 7.67. The van der Waals surface area contributed by atoms with Gasteiger partial charge in [0.2, 0.25) is 6.29 Å². The van der Waals surface area contributed by atoms with E-state index in [0.717, 1.165) is 10.5 Å². The molecule has 0 fully saturated rings. The summed E-state index contributed by atoms with van der Waals surface area (Å²) in [6, 6.07) is 7.68. The van der Waals surface area contributed by atoms with Crippen LogP contribution in [0.2, 0.25) is 0 Å². The summed E-state index contributed by atoms with van der Waals surface area (Å²) in [4.78, 5) is 21.2. The van der Waals surface area contributed by atoms with Gasteiger partial charge in [-0.1, -0.05) is 12.1 Å². The first kappa shape index (κ1) is 12.4. The molecule has 0 spiro atoms. The molecule has 1 aromatic carbocycles. The molecule has 0 unspecified atom stereocenters. The molecule has 16 heavy (non-hydrogen) atoms. The average Bonchev–Trinajstić information content (AvgIpc) is 2.29. The van der Waals surface area contributed by atoms with E-state index in [1.165, 1.54) is 6.08 Å². The van der Waals surface area contributed by atoms with Gasteiger partial charge in [-0.25, -0.2) is 0 Å². The van der Waals surface area contributed by atoms with E-state index >= 15 is 0 Å². The number of benzene rings is 1. The Morgan fingerprint density at radius 3 is 2.88 bits per heavy atom. The van der Waals surface area contributed by atoms with E-state index in [2.05, 4.69) is 0 Å². The molecule has 0 saturated heterocycles. The van der Waals surface area contributed by atoms with Crippen LogP contribution in [0.15, 0.2) is 40.9 Å². The minimum atomic E-state index is -0.675. The minimum Gasteiger partial charge on any atom is -0.291 e. The molecular weight excluding hydrogens is 226 g/mol. The van der Waals surface area contributed by atoms with Gasteiger partial charge in [-0.05, 0) is 30.4 Å². The fraction of sp³-hybridized carbons (Fsp3) is 0.182. The molecule has 0 aliphatic carbocycles. The zero-order valence-electron chi connectivity index (χ0n) is 8.75. The molecule has 0 heterocycles. The highest BCUT2D eigenvalue weighted by Crippen LogP contribution is 2.16. The maximum absolute atomic E-state index is 10.4. The van der Waals surface area contributed by atoms with Crippen molar-refractivity contribution in [2.24, 2.45) is 0 Å². The summed E-state index contributed by atoms with van der Waals surface area (Å²) >= 11 is 1.61. The Morgan fingerprint density at radius 1 is 1.56 bits per heavy atom. The number of carbonyl (C=O) groups excluding carboxylic acids is 1. The van der Waals surface area contributed by atoms with E-state index in [0.29, 0.717) is 6.42 Å². The maximum Gasteiger partial charge on any atom is 0.305 e. The average molecular weight is 237 g/mol. The third-order valence-electron chi connectivity index (χ3n) is 2.01. The topological polar surface area (TPSA) is 60.2 Å². The number of allylic oxidation sites excluding steroid dienone is 2. The highest BCUT2D eigenvalue weighted by molar-refractivity contribution is 7.98. The molecule has 0 aromatic heterocycles. The van der Waals surface area contributed by atoms with E-state index in [4.69, 9.17) is 0 Å². The van der Waals surface area contributed by atoms with E-state index in [-0.39, 0.29) is 6.29 Å². The van der Waals surface area contributed by atoms with Crippen molar-refractivity contribution in [2.45, 2.75) is 11.3 Å². The van der Waals surface area contributed by atoms with E-state index in [9.17, 15) is 14.9 Å². The highest BCUT2D eigenvalue weighted by Gasteiger charge is 2.07. The van der Waals surface area contributed by atoms with E-state index in [1.807, 2.05) is 30.5 Å². The summed E-state index contributed by atoms with van der Waals surface area (Å²) in [5, 5.41) is 10.4. The Bertz CT molecular complexity index is 429. The third kappa shape index (κ3) is 3.51. The lowest BCUT2D eigenvalue weighted by atomic mass is 10.1. The molecule has 4 nitrogen and oxygen atoms in total. The molecule has 5 heteroatoms. The Kier molecular flexibility index (Phi) is 4.72. The van der Waals surface area contributed by atoms with Crippen LogP contribution in [-0.4, -0.2) is 17.5 Å². The normalized spacial score (nSPS) is 11.2. The quantitative estimate of drug-likeness (QED) is 0.259. The molecule has 0 N–H and O–H groups in total. The lowest BCUT2D eigenvalue weighted by molar-refractivity contribution is -0.417. The third-order valence-corrected chi connectivity index (χ3v) is 2.74. The van der Waals surface area contributed by atoms with Gasteiger partial charge < -0.3 is 0 Å². The number of nitro groups is 1. The summed E-state index contributed by atoms with van der Waals surface area (Å²) in [6.45, 7) is 0. The predicted molar refractivity (Wildman–Crippen MR) is 63.1 cm³/mol. The molecule has 1 rings (SSSR count). The van der Waals surface area contributed by atoms with Crippen LogP contribution < -0.4 is 0 Å². The van der Waals surface area contributed by atoms with Gasteiger partial charge in [0.15, 0.2) is 0 Å². The summed E-state index contributed by atoms with van der Waals surface area (Å²) in [5.41, 5.74) is 0.558. The zero-order chi connectivity index (χ0) is 12.0. The van der Waals surface area contributed by atoms with Gasteiger partial charge in [0.25, 0.3) is 0 Å². The van der Waals surface area contributed by atoms with Crippen LogP contribution in [0.4, 0.5) is 0 Å².